The maximum atomic E-state index is 12.2. The zero-order valence-electron chi connectivity index (χ0n) is 36.2. The highest BCUT2D eigenvalue weighted by atomic mass is 16.6. The van der Waals surface area contributed by atoms with Crippen molar-refractivity contribution in [3.63, 3.8) is 0 Å². The van der Waals surface area contributed by atoms with Crippen molar-refractivity contribution in [1.82, 2.24) is 0 Å². The van der Waals surface area contributed by atoms with Crippen LogP contribution in [0.3, 0.4) is 0 Å². The number of hydrogen-bond acceptors (Lipinski definition) is 4. The van der Waals surface area contributed by atoms with Crippen molar-refractivity contribution in [3.8, 4) is 0 Å². The van der Waals surface area contributed by atoms with Crippen LogP contribution >= 0.6 is 0 Å². The average Bonchev–Trinajstić information content (AvgIpc) is 3.19. The zero-order valence-corrected chi connectivity index (χ0v) is 36.2. The summed E-state index contributed by atoms with van der Waals surface area (Å²) >= 11 is 0. The predicted molar refractivity (Wildman–Crippen MR) is 242 cm³/mol. The molecule has 0 fully saturated rings. The first-order valence-corrected chi connectivity index (χ1v) is 23.2. The van der Waals surface area contributed by atoms with E-state index in [4.69, 9.17) is 9.47 Å². The second kappa shape index (κ2) is 47.7. The number of carbonyl (C=O) groups excluding carboxylic acids is 1. The van der Waals surface area contributed by atoms with E-state index in [0.29, 0.717) is 13.0 Å². The number of allylic oxidation sites excluding steroid dienone is 14. The molecule has 0 bridgehead atoms. The van der Waals surface area contributed by atoms with Gasteiger partial charge in [0.05, 0.1) is 13.2 Å². The van der Waals surface area contributed by atoms with E-state index in [1.807, 2.05) is 0 Å². The third kappa shape index (κ3) is 45.9. The van der Waals surface area contributed by atoms with Gasteiger partial charge in [0.25, 0.3) is 0 Å². The van der Waals surface area contributed by atoms with Crippen LogP contribution in [0.5, 0.6) is 0 Å². The van der Waals surface area contributed by atoms with E-state index in [9.17, 15) is 9.90 Å². The largest absolute Gasteiger partial charge is 0.457 e. The Hall–Kier alpha value is -2.43. The van der Waals surface area contributed by atoms with Gasteiger partial charge in [-0.3, -0.25) is 4.79 Å². The number of aliphatic hydroxyl groups is 1. The second-order valence-electron chi connectivity index (χ2n) is 15.1. The van der Waals surface area contributed by atoms with Gasteiger partial charge in [0.15, 0.2) is 0 Å². The quantitative estimate of drug-likeness (QED) is 0.0382. The summed E-state index contributed by atoms with van der Waals surface area (Å²) in [6.45, 7) is 5.12. The molecule has 4 nitrogen and oxygen atoms in total. The van der Waals surface area contributed by atoms with Crippen LogP contribution in [0.15, 0.2) is 85.1 Å². The molecule has 0 aromatic heterocycles. The van der Waals surface area contributed by atoms with Crippen LogP contribution < -0.4 is 0 Å². The molecule has 4 heteroatoms. The van der Waals surface area contributed by atoms with E-state index in [1.165, 1.54) is 116 Å². The molecule has 0 heterocycles. The molecule has 0 aliphatic carbocycles. The van der Waals surface area contributed by atoms with Gasteiger partial charge in [-0.1, -0.05) is 195 Å². The number of ether oxygens (including phenoxy) is 2. The van der Waals surface area contributed by atoms with E-state index < -0.39 is 6.10 Å². The predicted octanol–water partition coefficient (Wildman–Crippen LogP) is 15.5. The fraction of sp³-hybridized carbons (Fsp3) is 0.706. The van der Waals surface area contributed by atoms with Crippen LogP contribution in [0.25, 0.3) is 0 Å². The third-order valence-electron chi connectivity index (χ3n) is 9.70. The summed E-state index contributed by atoms with van der Waals surface area (Å²) in [7, 11) is 0. The number of carbonyl (C=O) groups is 1. The first-order valence-electron chi connectivity index (χ1n) is 23.2. The molecular weight excluding hydrogens is 677 g/mol. The molecule has 0 saturated heterocycles. The molecule has 0 saturated carbocycles. The first-order chi connectivity index (χ1) is 27.2. The first kappa shape index (κ1) is 52.6. The molecule has 0 amide bonds. The van der Waals surface area contributed by atoms with Crippen molar-refractivity contribution in [2.75, 3.05) is 19.8 Å². The van der Waals surface area contributed by atoms with Crippen LogP contribution in [0, 0.1) is 0 Å². The molecule has 1 N–H and O–H groups in total. The Bertz CT molecular complexity index is 985. The molecule has 0 spiro atoms. The fourth-order valence-corrected chi connectivity index (χ4v) is 6.27. The lowest BCUT2D eigenvalue weighted by molar-refractivity contribution is -0.154. The van der Waals surface area contributed by atoms with Crippen molar-refractivity contribution >= 4 is 5.97 Å². The van der Waals surface area contributed by atoms with E-state index in [1.54, 1.807) is 0 Å². The summed E-state index contributed by atoms with van der Waals surface area (Å²) in [6, 6.07) is 0. The smallest absolute Gasteiger partial charge is 0.306 e. The Morgan fingerprint density at radius 1 is 0.455 bits per heavy atom. The summed E-state index contributed by atoms with van der Waals surface area (Å²) in [5, 5.41) is 9.62. The van der Waals surface area contributed by atoms with Crippen molar-refractivity contribution < 1.29 is 19.4 Å². The summed E-state index contributed by atoms with van der Waals surface area (Å²) in [6.07, 6.45) is 66.6. The number of rotatable bonds is 42. The van der Waals surface area contributed by atoms with Crippen LogP contribution in [-0.2, 0) is 14.3 Å². The lowest BCUT2D eigenvalue weighted by Gasteiger charge is -2.15. The molecule has 0 rings (SSSR count). The normalized spacial score (nSPS) is 13.1. The molecule has 0 aromatic carbocycles. The van der Waals surface area contributed by atoms with Gasteiger partial charge in [0.2, 0.25) is 0 Å². The minimum Gasteiger partial charge on any atom is -0.457 e. The molecule has 1 atom stereocenters. The number of unbranched alkanes of at least 4 members (excludes halogenated alkanes) is 20. The van der Waals surface area contributed by atoms with Gasteiger partial charge in [-0.15, -0.1) is 0 Å². The van der Waals surface area contributed by atoms with E-state index >= 15 is 0 Å². The Labute approximate surface area is 341 Å². The average molecular weight is 765 g/mol. The van der Waals surface area contributed by atoms with Gasteiger partial charge in [-0.2, -0.15) is 0 Å². The van der Waals surface area contributed by atoms with Crippen LogP contribution in [0.2, 0.25) is 0 Å². The third-order valence-corrected chi connectivity index (χ3v) is 9.70. The minimum absolute atomic E-state index is 0.193. The maximum Gasteiger partial charge on any atom is 0.306 e. The van der Waals surface area contributed by atoms with E-state index in [-0.39, 0.29) is 19.2 Å². The number of esters is 1. The van der Waals surface area contributed by atoms with Crippen LogP contribution in [-0.4, -0.2) is 37.0 Å². The zero-order chi connectivity index (χ0) is 39.8. The summed E-state index contributed by atoms with van der Waals surface area (Å²) in [5.74, 6) is -0.219. The van der Waals surface area contributed by atoms with Gasteiger partial charge in [0, 0.05) is 13.0 Å². The van der Waals surface area contributed by atoms with E-state index in [2.05, 4.69) is 98.9 Å². The fourth-order valence-electron chi connectivity index (χ4n) is 6.27. The summed E-state index contributed by atoms with van der Waals surface area (Å²) < 4.78 is 11.1. The molecule has 0 radical (unpaired) electrons. The Balaban J connectivity index is 3.49. The molecule has 0 aliphatic heterocycles. The maximum absolute atomic E-state index is 12.2. The monoisotopic (exact) mass is 765 g/mol. The standard InChI is InChI=1S/C51H88O4/c1-3-5-7-9-11-13-15-17-19-21-23-24-25-26-27-28-29-30-32-34-36-38-40-42-44-46-51(53)55-50(48-52)49-54-47-45-43-41-39-37-35-33-31-22-20-18-16-14-12-10-8-6-4-2/h6,8,12,14-15,17-18,20-21,23,31,33,37,39,50,52H,3-5,7,9-11,13,16,19,22,24-30,32,34-36,38,40-49H2,1-2H3/b8-6-,14-12-,17-15-,20-18-,23-21-,33-31-,39-37-. The van der Waals surface area contributed by atoms with Crippen LogP contribution in [0.1, 0.15) is 206 Å². The SMILES string of the molecule is CC/C=C\C/C=C\C/C=C\C/C=C\C/C=C\CCCCOCC(CO)OC(=O)CCCCCCCCCCCCCCC/C=C\C/C=C\CCCCCCC. The Morgan fingerprint density at radius 3 is 1.24 bits per heavy atom. The highest BCUT2D eigenvalue weighted by Crippen LogP contribution is 2.14. The lowest BCUT2D eigenvalue weighted by Crippen LogP contribution is -2.27. The van der Waals surface area contributed by atoms with Crippen molar-refractivity contribution in [2.45, 2.75) is 213 Å². The molecule has 55 heavy (non-hydrogen) atoms. The van der Waals surface area contributed by atoms with Crippen molar-refractivity contribution in [3.05, 3.63) is 85.1 Å². The van der Waals surface area contributed by atoms with E-state index in [0.717, 1.165) is 70.6 Å². The molecule has 316 valence electrons. The number of hydrogen-bond donors (Lipinski definition) is 1. The Morgan fingerprint density at radius 2 is 0.818 bits per heavy atom. The van der Waals surface area contributed by atoms with Gasteiger partial charge in [0.1, 0.15) is 6.10 Å². The van der Waals surface area contributed by atoms with Gasteiger partial charge >= 0.3 is 5.97 Å². The molecule has 1 unspecified atom stereocenters. The highest BCUT2D eigenvalue weighted by Gasteiger charge is 2.13. The van der Waals surface area contributed by atoms with Gasteiger partial charge < -0.3 is 14.6 Å². The Kier molecular flexibility index (Phi) is 45.6. The summed E-state index contributed by atoms with van der Waals surface area (Å²) in [5.41, 5.74) is 0. The molecule has 0 aliphatic rings. The highest BCUT2D eigenvalue weighted by molar-refractivity contribution is 5.69. The topological polar surface area (TPSA) is 55.8 Å². The number of aliphatic hydroxyl groups excluding tert-OH is 1. The molecule has 0 aromatic rings. The summed E-state index contributed by atoms with van der Waals surface area (Å²) in [4.78, 5) is 12.2. The van der Waals surface area contributed by atoms with Crippen LogP contribution in [0.4, 0.5) is 0 Å². The van der Waals surface area contributed by atoms with Gasteiger partial charge in [-0.05, 0) is 89.9 Å². The minimum atomic E-state index is -0.562. The van der Waals surface area contributed by atoms with Crippen molar-refractivity contribution in [1.29, 1.82) is 0 Å². The molecular formula is C51H88O4. The second-order valence-corrected chi connectivity index (χ2v) is 15.1. The van der Waals surface area contributed by atoms with Gasteiger partial charge in [-0.25, -0.2) is 0 Å². The lowest BCUT2D eigenvalue weighted by atomic mass is 10.0. The van der Waals surface area contributed by atoms with Crippen molar-refractivity contribution in [2.24, 2.45) is 0 Å².